The number of aliphatic hydroxyl groups is 1. The Morgan fingerprint density at radius 1 is 1.38 bits per heavy atom. The van der Waals surface area contributed by atoms with Crippen molar-refractivity contribution in [2.45, 2.75) is 38.8 Å². The number of aliphatic hydroxyl groups excluding tert-OH is 1. The first-order valence-electron chi connectivity index (χ1n) is 6.96. The lowest BCUT2D eigenvalue weighted by Gasteiger charge is -2.28. The lowest BCUT2D eigenvalue weighted by molar-refractivity contribution is 0.189. The third-order valence-corrected chi connectivity index (χ3v) is 4.04. The molecule has 118 valence electrons. The van der Waals surface area contributed by atoms with Gasteiger partial charge in [-0.3, -0.25) is 0 Å². The molecule has 0 aromatic heterocycles. The minimum atomic E-state index is -0.168. The Kier molecular flexibility index (Phi) is 7.29. The predicted molar refractivity (Wildman–Crippen MR) is 87.0 cm³/mol. The lowest BCUT2D eigenvalue weighted by Crippen LogP contribution is -2.43. The van der Waals surface area contributed by atoms with E-state index in [0.29, 0.717) is 16.5 Å². The van der Waals surface area contributed by atoms with Gasteiger partial charge in [0.2, 0.25) is 0 Å². The number of hydrogen-bond acceptors (Lipinski definition) is 2. The molecule has 0 fully saturated rings. The number of benzene rings is 1. The molecular weight excluding hydrogens is 311 g/mol. The molecule has 1 aromatic rings. The van der Waals surface area contributed by atoms with Crippen molar-refractivity contribution in [2.75, 3.05) is 13.7 Å². The van der Waals surface area contributed by atoms with Crippen LogP contribution < -0.4 is 5.32 Å². The van der Waals surface area contributed by atoms with Gasteiger partial charge in [-0.05, 0) is 44.4 Å². The second-order valence-corrected chi connectivity index (χ2v) is 6.01. The second kappa shape index (κ2) is 8.47. The molecule has 0 aliphatic heterocycles. The van der Waals surface area contributed by atoms with Crippen molar-refractivity contribution in [2.24, 2.45) is 0 Å². The van der Waals surface area contributed by atoms with Gasteiger partial charge in [0.15, 0.2) is 0 Å². The molecule has 0 spiro atoms. The molecule has 0 radical (unpaired) electrons. The fraction of sp³-hybridized carbons (Fsp3) is 0.533. The number of rotatable bonds is 6. The number of halogens is 2. The quantitative estimate of drug-likeness (QED) is 0.831. The topological polar surface area (TPSA) is 52.6 Å². The zero-order valence-electron chi connectivity index (χ0n) is 12.6. The molecule has 0 aliphatic carbocycles. The SMILES string of the molecule is CC(CCCO)NC(=O)N(C)C(C)c1ccc(Cl)cc1Cl. The molecule has 2 amide bonds. The minimum absolute atomic E-state index is 0.0139. The van der Waals surface area contributed by atoms with Crippen LogP contribution in [0.3, 0.4) is 0 Å². The molecule has 2 atom stereocenters. The average molecular weight is 333 g/mol. The van der Waals surface area contributed by atoms with Gasteiger partial charge in [0.25, 0.3) is 0 Å². The van der Waals surface area contributed by atoms with E-state index in [-0.39, 0.29) is 24.7 Å². The van der Waals surface area contributed by atoms with E-state index in [2.05, 4.69) is 5.32 Å². The third-order valence-electron chi connectivity index (χ3n) is 3.48. The first-order chi connectivity index (χ1) is 9.86. The molecule has 0 saturated heterocycles. The summed E-state index contributed by atoms with van der Waals surface area (Å²) in [7, 11) is 1.73. The average Bonchev–Trinajstić information content (AvgIpc) is 2.43. The van der Waals surface area contributed by atoms with Crippen molar-refractivity contribution in [1.29, 1.82) is 0 Å². The smallest absolute Gasteiger partial charge is 0.317 e. The van der Waals surface area contributed by atoms with Gasteiger partial charge in [-0.1, -0.05) is 29.3 Å². The van der Waals surface area contributed by atoms with Crippen molar-refractivity contribution in [3.63, 3.8) is 0 Å². The Balaban J connectivity index is 2.68. The molecule has 1 rings (SSSR count). The number of urea groups is 1. The largest absolute Gasteiger partial charge is 0.396 e. The molecule has 2 unspecified atom stereocenters. The normalized spacial score (nSPS) is 13.6. The highest BCUT2D eigenvalue weighted by Gasteiger charge is 2.20. The maximum atomic E-state index is 12.2. The van der Waals surface area contributed by atoms with E-state index in [1.807, 2.05) is 19.9 Å². The Morgan fingerprint density at radius 2 is 2.05 bits per heavy atom. The van der Waals surface area contributed by atoms with Crippen molar-refractivity contribution in [3.8, 4) is 0 Å². The molecule has 0 bridgehead atoms. The van der Waals surface area contributed by atoms with Crippen molar-refractivity contribution < 1.29 is 9.90 Å². The Morgan fingerprint density at radius 3 is 2.62 bits per heavy atom. The van der Waals surface area contributed by atoms with Gasteiger partial charge < -0.3 is 15.3 Å². The van der Waals surface area contributed by atoms with Crippen molar-refractivity contribution in [3.05, 3.63) is 33.8 Å². The van der Waals surface area contributed by atoms with E-state index in [9.17, 15) is 4.79 Å². The number of carbonyl (C=O) groups excluding carboxylic acids is 1. The second-order valence-electron chi connectivity index (χ2n) is 5.17. The predicted octanol–water partition coefficient (Wildman–Crippen LogP) is 3.86. The lowest BCUT2D eigenvalue weighted by atomic mass is 10.1. The summed E-state index contributed by atoms with van der Waals surface area (Å²) < 4.78 is 0. The zero-order chi connectivity index (χ0) is 16.0. The van der Waals surface area contributed by atoms with Gasteiger partial charge in [0, 0.05) is 29.7 Å². The van der Waals surface area contributed by atoms with Crippen LogP contribution in [0.25, 0.3) is 0 Å². The summed E-state index contributed by atoms with van der Waals surface area (Å²) >= 11 is 12.1. The van der Waals surface area contributed by atoms with Gasteiger partial charge in [0.05, 0.1) is 6.04 Å². The highest BCUT2D eigenvalue weighted by Crippen LogP contribution is 2.29. The number of amides is 2. The molecule has 4 nitrogen and oxygen atoms in total. The first kappa shape index (κ1) is 18.1. The molecule has 0 aliphatic rings. The first-order valence-corrected chi connectivity index (χ1v) is 7.71. The van der Waals surface area contributed by atoms with Crippen LogP contribution in [0.5, 0.6) is 0 Å². The summed E-state index contributed by atoms with van der Waals surface area (Å²) in [5, 5.41) is 12.8. The molecule has 21 heavy (non-hydrogen) atoms. The Hall–Kier alpha value is -0.970. The van der Waals surface area contributed by atoms with Crippen molar-refractivity contribution >= 4 is 29.2 Å². The van der Waals surface area contributed by atoms with Crippen LogP contribution in [0.1, 0.15) is 38.3 Å². The number of hydrogen-bond donors (Lipinski definition) is 2. The standard InChI is InChI=1S/C15H22Cl2N2O2/c1-10(5-4-8-20)18-15(21)19(3)11(2)13-7-6-12(16)9-14(13)17/h6-7,9-11,20H,4-5,8H2,1-3H3,(H,18,21). The van der Waals surface area contributed by atoms with E-state index in [1.54, 1.807) is 24.1 Å². The van der Waals surface area contributed by atoms with Gasteiger partial charge in [-0.2, -0.15) is 0 Å². The summed E-state index contributed by atoms with van der Waals surface area (Å²) in [5.74, 6) is 0. The Labute approximate surface area is 136 Å². The van der Waals surface area contributed by atoms with E-state index >= 15 is 0 Å². The number of nitrogens with zero attached hydrogens (tertiary/aromatic N) is 1. The fourth-order valence-corrected chi connectivity index (χ4v) is 2.57. The molecule has 0 heterocycles. The summed E-state index contributed by atoms with van der Waals surface area (Å²) in [6.07, 6.45) is 1.41. The van der Waals surface area contributed by atoms with Gasteiger partial charge in [0.1, 0.15) is 0 Å². The summed E-state index contributed by atoms with van der Waals surface area (Å²) in [5.41, 5.74) is 0.849. The van der Waals surface area contributed by atoms with Crippen LogP contribution in [0.15, 0.2) is 18.2 Å². The maximum absolute atomic E-state index is 12.2. The highest BCUT2D eigenvalue weighted by atomic mass is 35.5. The van der Waals surface area contributed by atoms with Crippen LogP contribution in [0.2, 0.25) is 10.0 Å². The molecule has 2 N–H and O–H groups in total. The van der Waals surface area contributed by atoms with Crippen LogP contribution >= 0.6 is 23.2 Å². The summed E-state index contributed by atoms with van der Waals surface area (Å²) in [6, 6.07) is 4.94. The third kappa shape index (κ3) is 5.38. The van der Waals surface area contributed by atoms with E-state index in [1.165, 1.54) is 0 Å². The van der Waals surface area contributed by atoms with Crippen LogP contribution in [-0.2, 0) is 0 Å². The minimum Gasteiger partial charge on any atom is -0.396 e. The van der Waals surface area contributed by atoms with Crippen LogP contribution in [-0.4, -0.2) is 35.7 Å². The van der Waals surface area contributed by atoms with E-state index in [0.717, 1.165) is 12.0 Å². The molecule has 0 saturated carbocycles. The van der Waals surface area contributed by atoms with Gasteiger partial charge >= 0.3 is 6.03 Å². The molecule has 1 aromatic carbocycles. The summed E-state index contributed by atoms with van der Waals surface area (Å²) in [4.78, 5) is 13.8. The number of carbonyl (C=O) groups is 1. The molecule has 6 heteroatoms. The Bertz CT molecular complexity index is 483. The van der Waals surface area contributed by atoms with Crippen LogP contribution in [0.4, 0.5) is 4.79 Å². The molecular formula is C15H22Cl2N2O2. The maximum Gasteiger partial charge on any atom is 0.317 e. The summed E-state index contributed by atoms with van der Waals surface area (Å²) in [6.45, 7) is 3.96. The van der Waals surface area contributed by atoms with E-state index < -0.39 is 0 Å². The fourth-order valence-electron chi connectivity index (χ4n) is 2.01. The monoisotopic (exact) mass is 332 g/mol. The number of nitrogens with one attached hydrogen (secondary N) is 1. The van der Waals surface area contributed by atoms with Crippen molar-refractivity contribution in [1.82, 2.24) is 10.2 Å². The van der Waals surface area contributed by atoms with Gasteiger partial charge in [-0.15, -0.1) is 0 Å². The van der Waals surface area contributed by atoms with E-state index in [4.69, 9.17) is 28.3 Å². The zero-order valence-corrected chi connectivity index (χ0v) is 14.1. The van der Waals surface area contributed by atoms with Crippen LogP contribution in [0, 0.1) is 0 Å². The van der Waals surface area contributed by atoms with Gasteiger partial charge in [-0.25, -0.2) is 4.79 Å². The highest BCUT2D eigenvalue weighted by molar-refractivity contribution is 6.35.